The van der Waals surface area contributed by atoms with Crippen molar-refractivity contribution in [2.45, 2.75) is 33.0 Å². The Bertz CT molecular complexity index is 123. The van der Waals surface area contributed by atoms with Gasteiger partial charge in [-0.3, -0.25) is 0 Å². The lowest BCUT2D eigenvalue weighted by Crippen LogP contribution is -2.33. The molecule has 4 atom stereocenters. The van der Waals surface area contributed by atoms with Crippen molar-refractivity contribution in [3.8, 4) is 0 Å². The Balaban J connectivity index is 4.00. The van der Waals surface area contributed by atoms with Crippen molar-refractivity contribution < 1.29 is 15.0 Å². The van der Waals surface area contributed by atoms with Gasteiger partial charge in [-0.15, -0.1) is 0 Å². The van der Waals surface area contributed by atoms with Gasteiger partial charge in [0.15, 0.2) is 0 Å². The smallest absolute Gasteiger partial charge is 0.123 e. The first kappa shape index (κ1) is 10.6. The Kier molecular flexibility index (Phi) is 4.30. The van der Waals surface area contributed by atoms with Crippen LogP contribution in [0.25, 0.3) is 0 Å². The second-order valence-electron chi connectivity index (χ2n) is 3.09. The van der Waals surface area contributed by atoms with Crippen molar-refractivity contribution in [2.24, 2.45) is 11.8 Å². The molecule has 0 aliphatic heterocycles. The molecule has 0 saturated heterocycles. The molecule has 0 rings (SSSR count). The summed E-state index contributed by atoms with van der Waals surface area (Å²) in [6, 6.07) is 0. The van der Waals surface area contributed by atoms with Crippen LogP contribution in [0, 0.1) is 11.8 Å². The number of carbonyl (C=O) groups is 1. The van der Waals surface area contributed by atoms with Gasteiger partial charge in [-0.05, 0) is 12.8 Å². The van der Waals surface area contributed by atoms with Crippen molar-refractivity contribution in [3.63, 3.8) is 0 Å². The van der Waals surface area contributed by atoms with Crippen LogP contribution in [0.15, 0.2) is 0 Å². The van der Waals surface area contributed by atoms with E-state index in [4.69, 9.17) is 5.11 Å². The highest BCUT2D eigenvalue weighted by atomic mass is 16.3. The van der Waals surface area contributed by atoms with Crippen LogP contribution in [-0.2, 0) is 4.79 Å². The van der Waals surface area contributed by atoms with Crippen LogP contribution in [0.2, 0.25) is 0 Å². The first-order valence-electron chi connectivity index (χ1n) is 3.82. The predicted molar refractivity (Wildman–Crippen MR) is 42.1 cm³/mol. The summed E-state index contributed by atoms with van der Waals surface area (Å²) >= 11 is 0. The summed E-state index contributed by atoms with van der Waals surface area (Å²) in [6.45, 7) is 4.98. The maximum Gasteiger partial charge on any atom is 0.123 e. The molecule has 0 radical (unpaired) electrons. The van der Waals surface area contributed by atoms with Crippen molar-refractivity contribution in [1.82, 2.24) is 0 Å². The fraction of sp³-hybridized carbons (Fsp3) is 0.875. The minimum Gasteiger partial charge on any atom is -0.391 e. The molecule has 0 spiro atoms. The first-order chi connectivity index (χ1) is 5.00. The van der Waals surface area contributed by atoms with Gasteiger partial charge in [0.05, 0.1) is 12.2 Å². The fourth-order valence-electron chi connectivity index (χ4n) is 0.874. The van der Waals surface area contributed by atoms with Gasteiger partial charge in [0, 0.05) is 5.92 Å². The number of hydrogen-bond acceptors (Lipinski definition) is 3. The van der Waals surface area contributed by atoms with E-state index in [9.17, 15) is 9.90 Å². The predicted octanol–water partition coefficient (Wildman–Crippen LogP) is 0.199. The van der Waals surface area contributed by atoms with Gasteiger partial charge in [-0.2, -0.15) is 0 Å². The van der Waals surface area contributed by atoms with E-state index >= 15 is 0 Å². The monoisotopic (exact) mass is 160 g/mol. The largest absolute Gasteiger partial charge is 0.391 e. The molecule has 66 valence electrons. The van der Waals surface area contributed by atoms with Gasteiger partial charge >= 0.3 is 0 Å². The molecule has 0 aliphatic carbocycles. The molecule has 0 aromatic heterocycles. The average Bonchev–Trinajstić information content (AvgIpc) is 2.00. The van der Waals surface area contributed by atoms with Gasteiger partial charge in [0.25, 0.3) is 0 Å². The summed E-state index contributed by atoms with van der Waals surface area (Å²) in [7, 11) is 0. The van der Waals surface area contributed by atoms with Gasteiger partial charge in [-0.25, -0.2) is 0 Å². The molecule has 0 aromatic rings. The number of aldehydes is 1. The molecule has 0 aliphatic rings. The van der Waals surface area contributed by atoms with E-state index in [2.05, 4.69) is 0 Å². The Morgan fingerprint density at radius 1 is 1.18 bits per heavy atom. The van der Waals surface area contributed by atoms with Crippen LogP contribution < -0.4 is 0 Å². The number of aliphatic hydroxyl groups is 2. The number of rotatable bonds is 4. The molecule has 3 nitrogen and oxygen atoms in total. The number of carbonyl (C=O) groups excluding carboxylic acids is 1. The van der Waals surface area contributed by atoms with Crippen LogP contribution in [0.3, 0.4) is 0 Å². The van der Waals surface area contributed by atoms with Crippen LogP contribution in [0.4, 0.5) is 0 Å². The van der Waals surface area contributed by atoms with Gasteiger partial charge < -0.3 is 15.0 Å². The highest BCUT2D eigenvalue weighted by molar-refractivity contribution is 5.53. The third kappa shape index (κ3) is 2.99. The standard InChI is InChI=1S/C8H16O3/c1-5(4-9)6(2)8(11)7(3)10/h4-8,10-11H,1-3H3/t5-,6+,7+,8+/m0/s1. The zero-order valence-electron chi connectivity index (χ0n) is 7.19. The number of aliphatic hydroxyl groups excluding tert-OH is 2. The molecule has 0 amide bonds. The van der Waals surface area contributed by atoms with Crippen molar-refractivity contribution in [3.05, 3.63) is 0 Å². The maximum atomic E-state index is 10.3. The third-order valence-corrected chi connectivity index (χ3v) is 2.08. The quantitative estimate of drug-likeness (QED) is 0.577. The lowest BCUT2D eigenvalue weighted by molar-refractivity contribution is -0.114. The Hall–Kier alpha value is -0.410. The Morgan fingerprint density at radius 2 is 1.64 bits per heavy atom. The maximum absolute atomic E-state index is 10.3. The van der Waals surface area contributed by atoms with Gasteiger partial charge in [-0.1, -0.05) is 13.8 Å². The van der Waals surface area contributed by atoms with Crippen LogP contribution in [0.5, 0.6) is 0 Å². The zero-order valence-corrected chi connectivity index (χ0v) is 7.19. The molecule has 3 heteroatoms. The normalized spacial score (nSPS) is 21.9. The van der Waals surface area contributed by atoms with Crippen molar-refractivity contribution >= 4 is 6.29 Å². The summed E-state index contributed by atoms with van der Waals surface area (Å²) in [6.07, 6.45) is -0.793. The molecule has 2 N–H and O–H groups in total. The second kappa shape index (κ2) is 4.46. The molecule has 11 heavy (non-hydrogen) atoms. The molecule has 0 saturated carbocycles. The molecule has 0 aromatic carbocycles. The summed E-state index contributed by atoms with van der Waals surface area (Å²) < 4.78 is 0. The number of hydrogen-bond donors (Lipinski definition) is 2. The summed E-state index contributed by atoms with van der Waals surface area (Å²) in [5.41, 5.74) is 0. The summed E-state index contributed by atoms with van der Waals surface area (Å²) in [5.74, 6) is -0.396. The fourth-order valence-corrected chi connectivity index (χ4v) is 0.874. The second-order valence-corrected chi connectivity index (χ2v) is 3.09. The Morgan fingerprint density at radius 3 is 1.91 bits per heavy atom. The van der Waals surface area contributed by atoms with E-state index in [0.717, 1.165) is 6.29 Å². The van der Waals surface area contributed by atoms with Crippen LogP contribution >= 0.6 is 0 Å². The minimum absolute atomic E-state index is 0.188. The van der Waals surface area contributed by atoms with E-state index in [1.807, 2.05) is 0 Å². The van der Waals surface area contributed by atoms with E-state index < -0.39 is 12.2 Å². The molecular formula is C8H16O3. The average molecular weight is 160 g/mol. The SMILES string of the molecule is C[C@@H]([C@@H](O)[C@@H](C)O)[C@@H](C)C=O. The molecule has 0 fully saturated rings. The van der Waals surface area contributed by atoms with Crippen molar-refractivity contribution in [2.75, 3.05) is 0 Å². The highest BCUT2D eigenvalue weighted by Gasteiger charge is 2.23. The molecule has 0 heterocycles. The topological polar surface area (TPSA) is 57.5 Å². The Labute approximate surface area is 67.0 Å². The lowest BCUT2D eigenvalue weighted by atomic mass is 9.89. The van der Waals surface area contributed by atoms with Crippen LogP contribution in [-0.4, -0.2) is 28.7 Å². The van der Waals surface area contributed by atoms with E-state index in [0.29, 0.717) is 0 Å². The van der Waals surface area contributed by atoms with Gasteiger partial charge in [0.1, 0.15) is 6.29 Å². The minimum atomic E-state index is -0.810. The summed E-state index contributed by atoms with van der Waals surface area (Å²) in [4.78, 5) is 10.3. The zero-order chi connectivity index (χ0) is 9.02. The van der Waals surface area contributed by atoms with Crippen molar-refractivity contribution in [1.29, 1.82) is 0 Å². The van der Waals surface area contributed by atoms with E-state index in [1.54, 1.807) is 13.8 Å². The molecule has 0 unspecified atom stereocenters. The molecule has 0 bridgehead atoms. The lowest BCUT2D eigenvalue weighted by Gasteiger charge is -2.23. The van der Waals surface area contributed by atoms with Crippen LogP contribution in [0.1, 0.15) is 20.8 Å². The first-order valence-corrected chi connectivity index (χ1v) is 3.82. The van der Waals surface area contributed by atoms with E-state index in [1.165, 1.54) is 6.92 Å². The highest BCUT2D eigenvalue weighted by Crippen LogP contribution is 2.15. The van der Waals surface area contributed by atoms with E-state index in [-0.39, 0.29) is 11.8 Å². The molecular weight excluding hydrogens is 144 g/mol. The van der Waals surface area contributed by atoms with Gasteiger partial charge in [0.2, 0.25) is 0 Å². The third-order valence-electron chi connectivity index (χ3n) is 2.08. The summed E-state index contributed by atoms with van der Waals surface area (Å²) in [5, 5.41) is 18.3.